The highest BCUT2D eigenvalue weighted by molar-refractivity contribution is 5.67. The van der Waals surface area contributed by atoms with Crippen LogP contribution < -0.4 is 5.32 Å². The number of carbonyl (C=O) groups is 1. The fourth-order valence-electron chi connectivity index (χ4n) is 5.12. The second-order valence-corrected chi connectivity index (χ2v) is 8.58. The van der Waals surface area contributed by atoms with Gasteiger partial charge in [0.2, 0.25) is 0 Å². The summed E-state index contributed by atoms with van der Waals surface area (Å²) in [5.74, 6) is 0. The Morgan fingerprint density at radius 3 is 2.56 bits per heavy atom. The van der Waals surface area contributed by atoms with Crippen LogP contribution in [0.2, 0.25) is 0 Å². The molecule has 1 amide bonds. The van der Waals surface area contributed by atoms with Gasteiger partial charge >= 0.3 is 6.09 Å². The van der Waals surface area contributed by atoms with Crippen molar-refractivity contribution >= 4 is 6.09 Å². The Hall–Kier alpha value is -1.59. The lowest BCUT2D eigenvalue weighted by atomic mass is 9.72. The fraction of sp³-hybridized carbons (Fsp3) is 0.682. The molecule has 3 saturated heterocycles. The third-order valence-electron chi connectivity index (χ3n) is 6.81. The van der Waals surface area contributed by atoms with Crippen LogP contribution in [-0.2, 0) is 11.3 Å². The molecule has 3 aliphatic heterocycles. The average Bonchev–Trinajstić information content (AvgIpc) is 2.74. The predicted octanol–water partition coefficient (Wildman–Crippen LogP) is 3.25. The van der Waals surface area contributed by atoms with Gasteiger partial charge in [0.05, 0.1) is 0 Å². The van der Waals surface area contributed by atoms with Gasteiger partial charge in [0, 0.05) is 19.1 Å². The summed E-state index contributed by atoms with van der Waals surface area (Å²) in [5, 5.41) is 3.47. The molecule has 5 nitrogen and oxygen atoms in total. The van der Waals surface area contributed by atoms with Crippen molar-refractivity contribution in [3.63, 3.8) is 0 Å². The molecule has 0 aliphatic carbocycles. The number of ether oxygens (including phenoxy) is 1. The lowest BCUT2D eigenvalue weighted by Crippen LogP contribution is -2.54. The molecule has 0 radical (unpaired) electrons. The number of nitrogens with zero attached hydrogens (tertiary/aromatic N) is 2. The van der Waals surface area contributed by atoms with Crippen molar-refractivity contribution in [3.8, 4) is 0 Å². The summed E-state index contributed by atoms with van der Waals surface area (Å²) in [4.78, 5) is 17.3. The molecule has 0 unspecified atom stereocenters. The van der Waals surface area contributed by atoms with E-state index in [4.69, 9.17) is 4.74 Å². The first-order valence-electron chi connectivity index (χ1n) is 10.6. The Morgan fingerprint density at radius 1 is 1.07 bits per heavy atom. The predicted molar refractivity (Wildman–Crippen MR) is 107 cm³/mol. The lowest BCUT2D eigenvalue weighted by Gasteiger charge is -2.49. The maximum absolute atomic E-state index is 12.6. The van der Waals surface area contributed by atoms with Gasteiger partial charge in [0.25, 0.3) is 0 Å². The Labute approximate surface area is 163 Å². The number of rotatable bonds is 3. The molecule has 1 spiro atoms. The average molecular weight is 372 g/mol. The van der Waals surface area contributed by atoms with Crippen LogP contribution in [0.3, 0.4) is 0 Å². The second kappa shape index (κ2) is 8.61. The van der Waals surface area contributed by atoms with Gasteiger partial charge in [-0.15, -0.1) is 0 Å². The van der Waals surface area contributed by atoms with Gasteiger partial charge in [-0.2, -0.15) is 0 Å². The van der Waals surface area contributed by atoms with Crippen molar-refractivity contribution in [1.29, 1.82) is 0 Å². The molecular weight excluding hydrogens is 338 g/mol. The van der Waals surface area contributed by atoms with Crippen LogP contribution in [0.15, 0.2) is 30.3 Å². The topological polar surface area (TPSA) is 44.8 Å². The first kappa shape index (κ1) is 18.8. The Balaban J connectivity index is 1.28. The number of benzene rings is 1. The maximum Gasteiger partial charge on any atom is 0.410 e. The van der Waals surface area contributed by atoms with Crippen LogP contribution >= 0.6 is 0 Å². The van der Waals surface area contributed by atoms with E-state index in [0.29, 0.717) is 12.0 Å². The molecule has 0 aromatic heterocycles. The number of amides is 1. The van der Waals surface area contributed by atoms with E-state index in [0.717, 1.165) is 44.2 Å². The highest BCUT2D eigenvalue weighted by atomic mass is 16.6. The van der Waals surface area contributed by atoms with Crippen molar-refractivity contribution in [1.82, 2.24) is 15.1 Å². The third-order valence-corrected chi connectivity index (χ3v) is 6.81. The van der Waals surface area contributed by atoms with Crippen LogP contribution in [0.1, 0.15) is 44.1 Å². The molecule has 1 aromatic carbocycles. The summed E-state index contributed by atoms with van der Waals surface area (Å²) < 4.78 is 5.59. The van der Waals surface area contributed by atoms with E-state index in [1.807, 2.05) is 35.2 Å². The highest BCUT2D eigenvalue weighted by Gasteiger charge is 2.41. The van der Waals surface area contributed by atoms with E-state index in [-0.39, 0.29) is 6.09 Å². The monoisotopic (exact) mass is 371 g/mol. The molecule has 4 rings (SSSR count). The summed E-state index contributed by atoms with van der Waals surface area (Å²) in [5.41, 5.74) is 1.36. The minimum atomic E-state index is -0.140. The van der Waals surface area contributed by atoms with Gasteiger partial charge in [0.1, 0.15) is 6.61 Å². The SMILES string of the molecule is O=C(OCc1ccccc1)N1CCCC2(CCN(C3CCNCC3)CC2)C1. The largest absolute Gasteiger partial charge is 0.445 e. The highest BCUT2D eigenvalue weighted by Crippen LogP contribution is 2.40. The Morgan fingerprint density at radius 2 is 1.81 bits per heavy atom. The zero-order chi connectivity index (χ0) is 18.5. The van der Waals surface area contributed by atoms with Gasteiger partial charge < -0.3 is 19.9 Å². The molecule has 0 saturated carbocycles. The summed E-state index contributed by atoms with van der Waals surface area (Å²) in [7, 11) is 0. The van der Waals surface area contributed by atoms with Crippen LogP contribution in [-0.4, -0.2) is 61.2 Å². The van der Waals surface area contributed by atoms with Gasteiger partial charge in [-0.3, -0.25) is 0 Å². The quantitative estimate of drug-likeness (QED) is 0.886. The first-order valence-corrected chi connectivity index (χ1v) is 10.6. The van der Waals surface area contributed by atoms with Crippen LogP contribution in [0.5, 0.6) is 0 Å². The number of likely N-dealkylation sites (tertiary alicyclic amines) is 2. The summed E-state index contributed by atoms with van der Waals surface area (Å²) in [6.45, 7) is 6.79. The van der Waals surface area contributed by atoms with E-state index in [1.165, 1.54) is 45.2 Å². The van der Waals surface area contributed by atoms with Crippen LogP contribution in [0.4, 0.5) is 4.79 Å². The molecule has 0 bridgehead atoms. The molecular formula is C22H33N3O2. The van der Waals surface area contributed by atoms with E-state index in [1.54, 1.807) is 0 Å². The smallest absolute Gasteiger partial charge is 0.410 e. The zero-order valence-corrected chi connectivity index (χ0v) is 16.4. The van der Waals surface area contributed by atoms with Crippen LogP contribution in [0, 0.1) is 5.41 Å². The van der Waals surface area contributed by atoms with Crippen molar-refractivity contribution in [2.45, 2.75) is 51.2 Å². The molecule has 148 valence electrons. The number of hydrogen-bond donors (Lipinski definition) is 1. The summed E-state index contributed by atoms with van der Waals surface area (Å²) >= 11 is 0. The van der Waals surface area contributed by atoms with E-state index in [2.05, 4.69) is 10.2 Å². The molecule has 0 atom stereocenters. The lowest BCUT2D eigenvalue weighted by molar-refractivity contribution is 0.00207. The van der Waals surface area contributed by atoms with Crippen molar-refractivity contribution in [2.24, 2.45) is 5.41 Å². The van der Waals surface area contributed by atoms with Crippen molar-refractivity contribution < 1.29 is 9.53 Å². The minimum absolute atomic E-state index is 0.140. The summed E-state index contributed by atoms with van der Waals surface area (Å²) in [6, 6.07) is 10.7. The molecule has 27 heavy (non-hydrogen) atoms. The van der Waals surface area contributed by atoms with E-state index in [9.17, 15) is 4.79 Å². The summed E-state index contributed by atoms with van der Waals surface area (Å²) in [6.07, 6.45) is 7.23. The number of piperidine rings is 3. The molecule has 3 heterocycles. The maximum atomic E-state index is 12.6. The number of nitrogens with one attached hydrogen (secondary N) is 1. The minimum Gasteiger partial charge on any atom is -0.445 e. The van der Waals surface area contributed by atoms with Gasteiger partial charge in [-0.05, 0) is 75.7 Å². The van der Waals surface area contributed by atoms with E-state index < -0.39 is 0 Å². The first-order chi connectivity index (χ1) is 13.2. The van der Waals surface area contributed by atoms with Crippen molar-refractivity contribution in [3.05, 3.63) is 35.9 Å². The number of hydrogen-bond acceptors (Lipinski definition) is 4. The molecule has 3 aliphatic rings. The fourth-order valence-corrected chi connectivity index (χ4v) is 5.12. The molecule has 1 aromatic rings. The van der Waals surface area contributed by atoms with E-state index >= 15 is 0 Å². The van der Waals surface area contributed by atoms with Crippen molar-refractivity contribution in [2.75, 3.05) is 39.3 Å². The number of carbonyl (C=O) groups excluding carboxylic acids is 1. The molecule has 1 N–H and O–H groups in total. The molecule has 5 heteroatoms. The Kier molecular flexibility index (Phi) is 5.98. The van der Waals surface area contributed by atoms with Crippen LogP contribution in [0.25, 0.3) is 0 Å². The normalized spacial score (nSPS) is 24.1. The third kappa shape index (κ3) is 4.64. The Bertz CT molecular complexity index is 607. The second-order valence-electron chi connectivity index (χ2n) is 8.58. The molecule has 3 fully saturated rings. The van der Waals surface area contributed by atoms with Gasteiger partial charge in [-0.1, -0.05) is 30.3 Å². The van der Waals surface area contributed by atoms with Gasteiger partial charge in [-0.25, -0.2) is 4.79 Å². The standard InChI is InChI=1S/C22H33N3O2/c26-21(27-17-19-5-2-1-3-6-19)25-14-4-9-22(18-25)10-15-24(16-11-22)20-7-12-23-13-8-20/h1-3,5-6,20,23H,4,7-18H2. The van der Waals surface area contributed by atoms with Gasteiger partial charge in [0.15, 0.2) is 0 Å². The zero-order valence-electron chi connectivity index (χ0n) is 16.4.